The highest BCUT2D eigenvalue weighted by molar-refractivity contribution is 9.09. The van der Waals surface area contributed by atoms with Gasteiger partial charge in [0.05, 0.1) is 27.4 Å². The summed E-state index contributed by atoms with van der Waals surface area (Å²) in [4.78, 5) is 52.8. The zero-order chi connectivity index (χ0) is 24.5. The summed E-state index contributed by atoms with van der Waals surface area (Å²) < 4.78 is -0.881. The third-order valence-corrected chi connectivity index (χ3v) is 8.69. The highest BCUT2D eigenvalue weighted by Crippen LogP contribution is 2.66. The van der Waals surface area contributed by atoms with Gasteiger partial charge < -0.3 is 10.4 Å². The second-order valence-corrected chi connectivity index (χ2v) is 10.3. The maximum atomic E-state index is 13.7. The van der Waals surface area contributed by atoms with Crippen LogP contribution in [0.4, 0.5) is 5.69 Å². The molecular formula is C27H19BrN2O5. The van der Waals surface area contributed by atoms with Gasteiger partial charge in [0, 0.05) is 5.92 Å². The summed E-state index contributed by atoms with van der Waals surface area (Å²) >= 11 is 3.91. The van der Waals surface area contributed by atoms with Crippen molar-refractivity contribution in [2.75, 3.05) is 11.9 Å². The summed E-state index contributed by atoms with van der Waals surface area (Å²) in [5.41, 5.74) is 3.98. The van der Waals surface area contributed by atoms with E-state index in [-0.39, 0.29) is 23.1 Å². The molecule has 1 saturated heterocycles. The van der Waals surface area contributed by atoms with Crippen LogP contribution in [-0.4, -0.2) is 40.2 Å². The number of alkyl halides is 1. The first-order chi connectivity index (χ1) is 16.8. The first-order valence-corrected chi connectivity index (χ1v) is 12.0. The van der Waals surface area contributed by atoms with Crippen molar-refractivity contribution in [2.24, 2.45) is 11.8 Å². The number of hydrogen-bond donors (Lipinski definition) is 2. The summed E-state index contributed by atoms with van der Waals surface area (Å²) in [5, 5.41) is 11.9. The number of carboxylic acids is 1. The van der Waals surface area contributed by atoms with Crippen molar-refractivity contribution < 1.29 is 24.3 Å². The Morgan fingerprint density at radius 3 is 2.09 bits per heavy atom. The number of hydrogen-bond acceptors (Lipinski definition) is 4. The number of anilines is 1. The van der Waals surface area contributed by atoms with E-state index in [0.717, 1.165) is 27.2 Å². The highest BCUT2D eigenvalue weighted by Gasteiger charge is 2.67. The quantitative estimate of drug-likeness (QED) is 0.395. The van der Waals surface area contributed by atoms with Gasteiger partial charge in [0.15, 0.2) is 0 Å². The van der Waals surface area contributed by atoms with Gasteiger partial charge in [-0.1, -0.05) is 76.6 Å². The van der Waals surface area contributed by atoms with E-state index >= 15 is 0 Å². The van der Waals surface area contributed by atoms with E-state index in [2.05, 4.69) is 21.2 Å². The summed E-state index contributed by atoms with van der Waals surface area (Å²) in [6.07, 6.45) is 0. The number of carbonyl (C=O) groups is 4. The van der Waals surface area contributed by atoms with Gasteiger partial charge in [0.1, 0.15) is 6.54 Å². The van der Waals surface area contributed by atoms with Crippen molar-refractivity contribution >= 4 is 45.3 Å². The van der Waals surface area contributed by atoms with E-state index in [1.54, 1.807) is 12.1 Å². The molecule has 1 aliphatic heterocycles. The number of rotatable bonds is 4. The second-order valence-electron chi connectivity index (χ2n) is 9.03. The maximum Gasteiger partial charge on any atom is 0.337 e. The minimum atomic E-state index is -1.19. The van der Waals surface area contributed by atoms with Crippen molar-refractivity contribution in [3.8, 4) is 0 Å². The van der Waals surface area contributed by atoms with Crippen LogP contribution in [0.5, 0.6) is 0 Å². The Labute approximate surface area is 208 Å². The molecule has 3 amide bonds. The average molecular weight is 531 g/mol. The lowest BCUT2D eigenvalue weighted by atomic mass is 9.55. The number of carboxylic acid groups (broad SMARTS) is 1. The first-order valence-electron chi connectivity index (χ1n) is 11.2. The van der Waals surface area contributed by atoms with E-state index in [4.69, 9.17) is 0 Å². The molecular weight excluding hydrogens is 512 g/mol. The zero-order valence-corrected chi connectivity index (χ0v) is 19.9. The fourth-order valence-electron chi connectivity index (χ4n) is 6.01. The number of nitrogens with zero attached hydrogens (tertiary/aromatic N) is 1. The number of likely N-dealkylation sites (tertiary alicyclic amines) is 1. The largest absolute Gasteiger partial charge is 0.478 e. The van der Waals surface area contributed by atoms with E-state index in [1.807, 2.05) is 48.5 Å². The number of imide groups is 1. The van der Waals surface area contributed by atoms with Crippen LogP contribution in [0.25, 0.3) is 0 Å². The standard InChI is InChI=1S/C27H19BrN2O5/c28-27-17-10-4-1-7-14(17)21(15-8-2-5-11-18(15)27)22-23(27)25(33)30(24(22)32)13-20(31)29-19-12-6-3-9-16(19)26(34)35/h1-12,21-23H,13H2,(H,29,31)(H,34,35)/t21?,22-,23+,27?/m1/s1. The third-order valence-electron chi connectivity index (χ3n) is 7.34. The Morgan fingerprint density at radius 2 is 1.46 bits per heavy atom. The molecule has 3 aliphatic carbocycles. The van der Waals surface area contributed by atoms with Crippen LogP contribution in [0.1, 0.15) is 38.5 Å². The predicted molar refractivity (Wildman–Crippen MR) is 130 cm³/mol. The van der Waals surface area contributed by atoms with Crippen molar-refractivity contribution in [3.05, 3.63) is 101 Å². The molecule has 0 saturated carbocycles. The SMILES string of the molecule is O=C(CN1C(=O)[C@@H]2C3c4ccccc4C(Br)(c4ccccc43)[C@@H]2C1=O)Nc1ccccc1C(=O)O. The Morgan fingerprint density at radius 1 is 0.886 bits per heavy atom. The number of halogens is 1. The molecule has 7 rings (SSSR count). The molecule has 3 aromatic carbocycles. The number of carbonyl (C=O) groups excluding carboxylic acids is 3. The zero-order valence-electron chi connectivity index (χ0n) is 18.3. The van der Waals surface area contributed by atoms with Gasteiger partial charge in [-0.2, -0.15) is 0 Å². The number of amides is 3. The molecule has 0 aromatic heterocycles. The van der Waals surface area contributed by atoms with Crippen LogP contribution in [-0.2, 0) is 18.7 Å². The van der Waals surface area contributed by atoms with Crippen molar-refractivity contribution in [1.29, 1.82) is 0 Å². The fraction of sp³-hybridized carbons (Fsp3) is 0.185. The van der Waals surface area contributed by atoms with Crippen LogP contribution < -0.4 is 5.32 Å². The summed E-state index contributed by atoms with van der Waals surface area (Å²) in [7, 11) is 0. The Hall–Kier alpha value is -3.78. The van der Waals surface area contributed by atoms with Gasteiger partial charge in [-0.3, -0.25) is 19.3 Å². The van der Waals surface area contributed by atoms with Crippen molar-refractivity contribution in [1.82, 2.24) is 4.90 Å². The topological polar surface area (TPSA) is 104 Å². The molecule has 8 heteroatoms. The summed E-state index contributed by atoms with van der Waals surface area (Å²) in [5.74, 6) is -4.23. The van der Waals surface area contributed by atoms with Crippen LogP contribution in [0, 0.1) is 11.8 Å². The summed E-state index contributed by atoms with van der Waals surface area (Å²) in [6.45, 7) is -0.485. The minimum Gasteiger partial charge on any atom is -0.478 e. The molecule has 174 valence electrons. The smallest absolute Gasteiger partial charge is 0.337 e. The minimum absolute atomic E-state index is 0.0723. The van der Waals surface area contributed by atoms with Gasteiger partial charge in [-0.05, 0) is 34.4 Å². The highest BCUT2D eigenvalue weighted by atomic mass is 79.9. The van der Waals surface area contributed by atoms with Gasteiger partial charge >= 0.3 is 5.97 Å². The van der Waals surface area contributed by atoms with E-state index in [9.17, 15) is 24.3 Å². The molecule has 2 N–H and O–H groups in total. The fourth-order valence-corrected chi connectivity index (χ4v) is 7.21. The van der Waals surface area contributed by atoms with Crippen molar-refractivity contribution in [3.63, 3.8) is 0 Å². The summed E-state index contributed by atoms with van der Waals surface area (Å²) in [6, 6.07) is 21.7. The molecule has 0 unspecified atom stereocenters. The van der Waals surface area contributed by atoms with Gasteiger partial charge in [0.25, 0.3) is 0 Å². The molecule has 1 heterocycles. The maximum absolute atomic E-state index is 13.7. The van der Waals surface area contributed by atoms with Crippen LogP contribution in [0.2, 0.25) is 0 Å². The van der Waals surface area contributed by atoms with E-state index in [0.29, 0.717) is 0 Å². The third kappa shape index (κ3) is 2.89. The first kappa shape index (κ1) is 21.7. The van der Waals surface area contributed by atoms with E-state index in [1.165, 1.54) is 12.1 Å². The normalized spacial score (nSPS) is 25.6. The Kier molecular flexibility index (Phi) is 4.73. The lowest BCUT2D eigenvalue weighted by Crippen LogP contribution is -2.50. The lowest BCUT2D eigenvalue weighted by Gasteiger charge is -2.51. The molecule has 0 radical (unpaired) electrons. The molecule has 0 spiro atoms. The molecule has 3 aromatic rings. The Balaban J connectivity index is 1.37. The van der Waals surface area contributed by atoms with Crippen LogP contribution in [0.15, 0.2) is 72.8 Å². The van der Waals surface area contributed by atoms with Gasteiger partial charge in [-0.15, -0.1) is 0 Å². The number of benzene rings is 3. The molecule has 1 fully saturated rings. The lowest BCUT2D eigenvalue weighted by molar-refractivity contribution is -0.142. The second kappa shape index (κ2) is 7.61. The van der Waals surface area contributed by atoms with Crippen LogP contribution >= 0.6 is 15.9 Å². The molecule has 2 atom stereocenters. The van der Waals surface area contributed by atoms with E-state index < -0.39 is 40.5 Å². The molecule has 35 heavy (non-hydrogen) atoms. The van der Waals surface area contributed by atoms with Crippen molar-refractivity contribution in [2.45, 2.75) is 10.2 Å². The molecule has 2 bridgehead atoms. The predicted octanol–water partition coefficient (Wildman–Crippen LogP) is 3.72. The monoisotopic (exact) mass is 530 g/mol. The molecule has 7 nitrogen and oxygen atoms in total. The molecule has 4 aliphatic rings. The number of nitrogens with one attached hydrogen (secondary N) is 1. The number of para-hydroxylation sites is 1. The van der Waals surface area contributed by atoms with Gasteiger partial charge in [-0.25, -0.2) is 4.79 Å². The van der Waals surface area contributed by atoms with Gasteiger partial charge in [0.2, 0.25) is 17.7 Å². The van der Waals surface area contributed by atoms with Crippen LogP contribution in [0.3, 0.4) is 0 Å². The number of aromatic carboxylic acids is 1. The average Bonchev–Trinajstić information content (AvgIpc) is 3.11. The Bertz CT molecular complexity index is 1400.